The Bertz CT molecular complexity index is 450. The number of amides is 2. The van der Waals surface area contributed by atoms with Crippen LogP contribution in [0.3, 0.4) is 0 Å². The minimum absolute atomic E-state index is 0.0625. The number of hydrogen-bond donors (Lipinski definition) is 1. The van der Waals surface area contributed by atoms with Crippen molar-refractivity contribution in [3.05, 3.63) is 16.1 Å². The molecular weight excluding hydrogens is 250 g/mol. The molecule has 1 saturated heterocycles. The molecule has 0 radical (unpaired) electrons. The van der Waals surface area contributed by atoms with Crippen LogP contribution in [0.4, 0.5) is 0 Å². The standard InChI is InChI=1S/C12H17N3O2S/c1-8-11(18-7-14-8)12(17)15-4-2-9(3-5-15)6-10(13)16/h7,9H,2-6H2,1H3,(H2,13,16). The second-order valence-electron chi connectivity index (χ2n) is 4.67. The zero-order chi connectivity index (χ0) is 13.1. The summed E-state index contributed by atoms with van der Waals surface area (Å²) in [6, 6.07) is 0. The highest BCUT2D eigenvalue weighted by molar-refractivity contribution is 7.11. The number of aryl methyl sites for hydroxylation is 1. The van der Waals surface area contributed by atoms with Gasteiger partial charge >= 0.3 is 0 Å². The lowest BCUT2D eigenvalue weighted by molar-refractivity contribution is -0.119. The Kier molecular flexibility index (Phi) is 3.96. The highest BCUT2D eigenvalue weighted by Gasteiger charge is 2.26. The largest absolute Gasteiger partial charge is 0.370 e. The number of carbonyl (C=O) groups is 2. The van der Waals surface area contributed by atoms with E-state index in [0.717, 1.165) is 23.4 Å². The molecular formula is C12H17N3O2S. The average molecular weight is 267 g/mol. The van der Waals surface area contributed by atoms with E-state index < -0.39 is 0 Å². The molecule has 5 nitrogen and oxygen atoms in total. The summed E-state index contributed by atoms with van der Waals surface area (Å²) in [6.07, 6.45) is 2.14. The van der Waals surface area contributed by atoms with E-state index in [2.05, 4.69) is 4.98 Å². The van der Waals surface area contributed by atoms with E-state index in [0.29, 0.717) is 25.4 Å². The number of thiazole rings is 1. The summed E-state index contributed by atoms with van der Waals surface area (Å²) in [4.78, 5) is 29.7. The van der Waals surface area contributed by atoms with Crippen molar-refractivity contribution < 1.29 is 9.59 Å². The van der Waals surface area contributed by atoms with Gasteiger partial charge in [-0.15, -0.1) is 11.3 Å². The van der Waals surface area contributed by atoms with Crippen LogP contribution in [0.15, 0.2) is 5.51 Å². The van der Waals surface area contributed by atoms with Crippen molar-refractivity contribution in [3.63, 3.8) is 0 Å². The third kappa shape index (κ3) is 2.87. The van der Waals surface area contributed by atoms with Crippen LogP contribution in [-0.2, 0) is 4.79 Å². The molecule has 1 fully saturated rings. The molecule has 18 heavy (non-hydrogen) atoms. The number of likely N-dealkylation sites (tertiary alicyclic amines) is 1. The number of piperidine rings is 1. The summed E-state index contributed by atoms with van der Waals surface area (Å²) in [7, 11) is 0. The van der Waals surface area contributed by atoms with Gasteiger partial charge in [0.15, 0.2) is 0 Å². The van der Waals surface area contributed by atoms with Crippen LogP contribution in [0.5, 0.6) is 0 Å². The van der Waals surface area contributed by atoms with Gasteiger partial charge in [0, 0.05) is 19.5 Å². The molecule has 2 amide bonds. The van der Waals surface area contributed by atoms with E-state index in [1.165, 1.54) is 11.3 Å². The van der Waals surface area contributed by atoms with Crippen molar-refractivity contribution in [3.8, 4) is 0 Å². The number of rotatable bonds is 3. The van der Waals surface area contributed by atoms with Gasteiger partial charge in [0.1, 0.15) is 4.88 Å². The Morgan fingerprint density at radius 3 is 2.67 bits per heavy atom. The molecule has 0 saturated carbocycles. The summed E-state index contributed by atoms with van der Waals surface area (Å²) in [6.45, 7) is 3.26. The lowest BCUT2D eigenvalue weighted by Gasteiger charge is -2.31. The van der Waals surface area contributed by atoms with E-state index >= 15 is 0 Å². The number of nitrogens with two attached hydrogens (primary N) is 1. The van der Waals surface area contributed by atoms with Crippen molar-refractivity contribution in [2.75, 3.05) is 13.1 Å². The minimum atomic E-state index is -0.252. The predicted octanol–water partition coefficient (Wildman–Crippen LogP) is 1.18. The fourth-order valence-corrected chi connectivity index (χ4v) is 3.04. The van der Waals surface area contributed by atoms with Gasteiger partial charge in [0.05, 0.1) is 11.2 Å². The van der Waals surface area contributed by atoms with Crippen molar-refractivity contribution in [1.29, 1.82) is 0 Å². The summed E-state index contributed by atoms with van der Waals surface area (Å²) in [5.74, 6) is 0.139. The second-order valence-corrected chi connectivity index (χ2v) is 5.53. The monoisotopic (exact) mass is 267 g/mol. The first-order valence-electron chi connectivity index (χ1n) is 6.05. The summed E-state index contributed by atoms with van der Waals surface area (Å²) in [5.41, 5.74) is 7.68. The first-order valence-corrected chi connectivity index (χ1v) is 6.93. The van der Waals surface area contributed by atoms with E-state index in [1.807, 2.05) is 11.8 Å². The highest BCUT2D eigenvalue weighted by atomic mass is 32.1. The molecule has 0 unspecified atom stereocenters. The first-order chi connectivity index (χ1) is 8.58. The van der Waals surface area contributed by atoms with Crippen LogP contribution < -0.4 is 5.73 Å². The normalized spacial score (nSPS) is 16.8. The fraction of sp³-hybridized carbons (Fsp3) is 0.583. The molecule has 2 heterocycles. The second kappa shape index (κ2) is 5.48. The molecule has 1 aromatic heterocycles. The van der Waals surface area contributed by atoms with Crippen LogP contribution in [0.1, 0.15) is 34.6 Å². The minimum Gasteiger partial charge on any atom is -0.370 e. The smallest absolute Gasteiger partial charge is 0.265 e. The van der Waals surface area contributed by atoms with E-state index in [1.54, 1.807) is 5.51 Å². The maximum atomic E-state index is 12.2. The molecule has 1 aliphatic heterocycles. The Morgan fingerprint density at radius 1 is 1.50 bits per heavy atom. The van der Waals surface area contributed by atoms with Crippen LogP contribution in [-0.4, -0.2) is 34.8 Å². The van der Waals surface area contributed by atoms with E-state index in [4.69, 9.17) is 5.73 Å². The van der Waals surface area contributed by atoms with Gasteiger partial charge in [-0.05, 0) is 25.7 Å². The Balaban J connectivity index is 1.92. The number of primary amides is 1. The maximum absolute atomic E-state index is 12.2. The molecule has 2 N–H and O–H groups in total. The predicted molar refractivity (Wildman–Crippen MR) is 69.3 cm³/mol. The van der Waals surface area contributed by atoms with Gasteiger partial charge in [-0.25, -0.2) is 4.98 Å². The highest BCUT2D eigenvalue weighted by Crippen LogP contribution is 2.23. The Labute approximate surface area is 110 Å². The SMILES string of the molecule is Cc1ncsc1C(=O)N1CCC(CC(N)=O)CC1. The third-order valence-electron chi connectivity index (χ3n) is 3.33. The van der Waals surface area contributed by atoms with Crippen LogP contribution in [0, 0.1) is 12.8 Å². The molecule has 1 aromatic rings. The van der Waals surface area contributed by atoms with Gasteiger partial charge in [0.25, 0.3) is 5.91 Å². The summed E-state index contributed by atoms with van der Waals surface area (Å²) in [5, 5.41) is 0. The molecule has 0 aromatic carbocycles. The van der Waals surface area contributed by atoms with Gasteiger partial charge in [-0.3, -0.25) is 9.59 Å². The number of carbonyl (C=O) groups excluding carboxylic acids is 2. The first kappa shape index (κ1) is 13.0. The summed E-state index contributed by atoms with van der Waals surface area (Å²) >= 11 is 1.39. The van der Waals surface area contributed by atoms with Crippen molar-refractivity contribution in [1.82, 2.24) is 9.88 Å². The quantitative estimate of drug-likeness (QED) is 0.893. The van der Waals surface area contributed by atoms with Gasteiger partial charge < -0.3 is 10.6 Å². The van der Waals surface area contributed by atoms with Crippen molar-refractivity contribution in [2.45, 2.75) is 26.2 Å². The van der Waals surface area contributed by atoms with Crippen LogP contribution >= 0.6 is 11.3 Å². The van der Waals surface area contributed by atoms with E-state index in [9.17, 15) is 9.59 Å². The average Bonchev–Trinajstić information content (AvgIpc) is 2.75. The molecule has 1 aliphatic rings. The molecule has 0 aliphatic carbocycles. The third-order valence-corrected chi connectivity index (χ3v) is 4.25. The molecule has 2 rings (SSSR count). The van der Waals surface area contributed by atoms with Gasteiger partial charge in [-0.2, -0.15) is 0 Å². The maximum Gasteiger partial charge on any atom is 0.265 e. The Morgan fingerprint density at radius 2 is 2.17 bits per heavy atom. The molecule has 0 spiro atoms. The number of nitrogens with zero attached hydrogens (tertiary/aromatic N) is 2. The van der Waals surface area contributed by atoms with Crippen LogP contribution in [0.2, 0.25) is 0 Å². The van der Waals surface area contributed by atoms with Crippen molar-refractivity contribution >= 4 is 23.2 Å². The zero-order valence-corrected chi connectivity index (χ0v) is 11.2. The molecule has 98 valence electrons. The number of aromatic nitrogens is 1. The van der Waals surface area contributed by atoms with Crippen molar-refractivity contribution in [2.24, 2.45) is 11.7 Å². The van der Waals surface area contributed by atoms with E-state index in [-0.39, 0.29) is 11.8 Å². The van der Waals surface area contributed by atoms with Crippen LogP contribution in [0.25, 0.3) is 0 Å². The fourth-order valence-electron chi connectivity index (χ4n) is 2.28. The topological polar surface area (TPSA) is 76.3 Å². The summed E-state index contributed by atoms with van der Waals surface area (Å²) < 4.78 is 0. The lowest BCUT2D eigenvalue weighted by Crippen LogP contribution is -2.39. The molecule has 0 bridgehead atoms. The Hall–Kier alpha value is -1.43. The molecule has 6 heteroatoms. The van der Waals surface area contributed by atoms with Gasteiger partial charge in [0.2, 0.25) is 5.91 Å². The number of hydrogen-bond acceptors (Lipinski definition) is 4. The van der Waals surface area contributed by atoms with Gasteiger partial charge in [-0.1, -0.05) is 0 Å². The zero-order valence-electron chi connectivity index (χ0n) is 10.4. The lowest BCUT2D eigenvalue weighted by atomic mass is 9.93. The molecule has 0 atom stereocenters.